The van der Waals surface area contributed by atoms with E-state index < -0.39 is 10.2 Å². The average Bonchev–Trinajstić information content (AvgIpc) is 2.15. The van der Waals surface area contributed by atoms with Gasteiger partial charge in [0.05, 0.1) is 6.61 Å². The minimum Gasteiger partial charge on any atom is -0.383 e. The monoisotopic (exact) mass is 253 g/mol. The second-order valence-electron chi connectivity index (χ2n) is 4.24. The molecule has 0 radical (unpaired) electrons. The first-order valence-corrected chi connectivity index (χ1v) is 6.69. The molecule has 0 aliphatic rings. The van der Waals surface area contributed by atoms with Crippen LogP contribution in [0.3, 0.4) is 0 Å². The first-order chi connectivity index (χ1) is 7.29. The normalized spacial score (nSPS) is 14.7. The quantitative estimate of drug-likeness (QED) is 0.604. The third kappa shape index (κ3) is 6.39. The smallest absolute Gasteiger partial charge is 0.279 e. The van der Waals surface area contributed by atoms with E-state index in [1.165, 1.54) is 18.5 Å². The Morgan fingerprint density at radius 3 is 2.44 bits per heavy atom. The third-order valence-corrected chi connectivity index (χ3v) is 3.46. The van der Waals surface area contributed by atoms with E-state index in [0.29, 0.717) is 13.2 Å². The van der Waals surface area contributed by atoms with Crippen molar-refractivity contribution in [1.82, 2.24) is 9.03 Å². The molecular formula is C9H23N3O3S. The van der Waals surface area contributed by atoms with Crippen LogP contribution in [0.2, 0.25) is 0 Å². The molecule has 0 aliphatic heterocycles. The van der Waals surface area contributed by atoms with E-state index in [1.54, 1.807) is 0 Å². The number of rotatable bonds is 8. The summed E-state index contributed by atoms with van der Waals surface area (Å²) in [6.45, 7) is 4.88. The fraction of sp³-hybridized carbons (Fsp3) is 1.00. The van der Waals surface area contributed by atoms with Crippen LogP contribution in [0.1, 0.15) is 13.8 Å². The molecule has 98 valence electrons. The highest BCUT2D eigenvalue weighted by Crippen LogP contribution is 1.97. The Morgan fingerprint density at radius 2 is 2.00 bits per heavy atom. The van der Waals surface area contributed by atoms with Gasteiger partial charge >= 0.3 is 0 Å². The molecule has 6 nitrogen and oxygen atoms in total. The van der Waals surface area contributed by atoms with Gasteiger partial charge in [0, 0.05) is 33.3 Å². The molecule has 0 fully saturated rings. The Hall–Kier alpha value is -0.210. The lowest BCUT2D eigenvalue weighted by Gasteiger charge is -2.21. The Bertz CT molecular complexity index is 280. The first-order valence-electron chi connectivity index (χ1n) is 5.25. The van der Waals surface area contributed by atoms with Gasteiger partial charge in [0.1, 0.15) is 0 Å². The molecular weight excluding hydrogens is 230 g/mol. The van der Waals surface area contributed by atoms with E-state index in [0.717, 1.165) is 0 Å². The lowest BCUT2D eigenvalue weighted by atomic mass is 10.2. The van der Waals surface area contributed by atoms with Crippen molar-refractivity contribution in [3.63, 3.8) is 0 Å². The molecule has 0 bridgehead atoms. The topological polar surface area (TPSA) is 84.7 Å². The van der Waals surface area contributed by atoms with Gasteiger partial charge in [-0.25, -0.2) is 4.72 Å². The van der Waals surface area contributed by atoms with Crippen LogP contribution in [0.25, 0.3) is 0 Å². The Morgan fingerprint density at radius 1 is 1.44 bits per heavy atom. The SMILES string of the molecule is COCC(N)CN(C)S(=O)(=O)NCC(C)C. The summed E-state index contributed by atoms with van der Waals surface area (Å²) in [5, 5.41) is 0. The number of hydrogen-bond acceptors (Lipinski definition) is 4. The number of likely N-dealkylation sites (N-methyl/N-ethyl adjacent to an activating group) is 1. The molecule has 7 heteroatoms. The minimum atomic E-state index is -3.42. The predicted molar refractivity (Wildman–Crippen MR) is 64.2 cm³/mol. The summed E-state index contributed by atoms with van der Waals surface area (Å²) in [5.41, 5.74) is 5.68. The standard InChI is InChI=1S/C9H23N3O3S/c1-8(2)5-11-16(13,14)12(3)6-9(10)7-15-4/h8-9,11H,5-7,10H2,1-4H3. The van der Waals surface area contributed by atoms with Crippen molar-refractivity contribution in [3.8, 4) is 0 Å². The molecule has 0 spiro atoms. The molecule has 3 N–H and O–H groups in total. The maximum absolute atomic E-state index is 11.7. The molecule has 0 rings (SSSR count). The summed E-state index contributed by atoms with van der Waals surface area (Å²) >= 11 is 0. The van der Waals surface area contributed by atoms with Gasteiger partial charge in [0.2, 0.25) is 0 Å². The zero-order valence-corrected chi connectivity index (χ0v) is 11.3. The van der Waals surface area contributed by atoms with Crippen molar-refractivity contribution < 1.29 is 13.2 Å². The van der Waals surface area contributed by atoms with Crippen molar-refractivity contribution in [2.45, 2.75) is 19.9 Å². The highest BCUT2D eigenvalue weighted by molar-refractivity contribution is 7.87. The number of nitrogens with one attached hydrogen (secondary N) is 1. The molecule has 16 heavy (non-hydrogen) atoms. The van der Waals surface area contributed by atoms with Crippen LogP contribution < -0.4 is 10.5 Å². The number of nitrogens with zero attached hydrogens (tertiary/aromatic N) is 1. The van der Waals surface area contributed by atoms with Crippen molar-refractivity contribution in [2.75, 3.05) is 33.9 Å². The van der Waals surface area contributed by atoms with Crippen LogP contribution in [0.4, 0.5) is 0 Å². The fourth-order valence-electron chi connectivity index (χ4n) is 1.08. The van der Waals surface area contributed by atoms with Crippen LogP contribution in [0.5, 0.6) is 0 Å². The minimum absolute atomic E-state index is 0.237. The highest BCUT2D eigenvalue weighted by Gasteiger charge is 2.19. The maximum Gasteiger partial charge on any atom is 0.279 e. The van der Waals surface area contributed by atoms with E-state index in [4.69, 9.17) is 10.5 Å². The summed E-state index contributed by atoms with van der Waals surface area (Å²) in [7, 11) is -0.390. The molecule has 1 atom stereocenters. The van der Waals surface area contributed by atoms with Gasteiger partial charge < -0.3 is 10.5 Å². The van der Waals surface area contributed by atoms with Crippen LogP contribution in [0.15, 0.2) is 0 Å². The van der Waals surface area contributed by atoms with Gasteiger partial charge in [-0.05, 0) is 5.92 Å². The van der Waals surface area contributed by atoms with Crippen LogP contribution in [0, 0.1) is 5.92 Å². The molecule has 0 saturated carbocycles. The number of ether oxygens (including phenoxy) is 1. The maximum atomic E-state index is 11.7. The number of methoxy groups -OCH3 is 1. The fourth-order valence-corrected chi connectivity index (χ4v) is 2.23. The van der Waals surface area contributed by atoms with E-state index in [1.807, 2.05) is 13.8 Å². The lowest BCUT2D eigenvalue weighted by Crippen LogP contribution is -2.46. The van der Waals surface area contributed by atoms with Crippen molar-refractivity contribution in [2.24, 2.45) is 11.7 Å². The van der Waals surface area contributed by atoms with E-state index in [-0.39, 0.29) is 18.5 Å². The molecule has 1 unspecified atom stereocenters. The summed E-state index contributed by atoms with van der Waals surface area (Å²) in [4.78, 5) is 0. The van der Waals surface area contributed by atoms with Crippen molar-refractivity contribution in [3.05, 3.63) is 0 Å². The summed E-state index contributed by atoms with van der Waals surface area (Å²) < 4.78 is 31.9. The van der Waals surface area contributed by atoms with Gasteiger partial charge in [0.25, 0.3) is 10.2 Å². The van der Waals surface area contributed by atoms with Gasteiger partial charge in [-0.1, -0.05) is 13.8 Å². The number of nitrogens with two attached hydrogens (primary N) is 1. The van der Waals surface area contributed by atoms with Crippen LogP contribution in [-0.2, 0) is 14.9 Å². The molecule has 0 saturated heterocycles. The number of hydrogen-bond donors (Lipinski definition) is 2. The Labute approximate surface area is 98.3 Å². The van der Waals surface area contributed by atoms with Crippen LogP contribution >= 0.6 is 0 Å². The van der Waals surface area contributed by atoms with Gasteiger partial charge in [-0.3, -0.25) is 0 Å². The summed E-state index contributed by atoms with van der Waals surface area (Å²) in [6.07, 6.45) is 0. The highest BCUT2D eigenvalue weighted by atomic mass is 32.2. The molecule has 0 aromatic carbocycles. The molecule has 0 aliphatic carbocycles. The van der Waals surface area contributed by atoms with E-state index in [2.05, 4.69) is 4.72 Å². The van der Waals surface area contributed by atoms with Gasteiger partial charge in [-0.2, -0.15) is 12.7 Å². The van der Waals surface area contributed by atoms with Crippen molar-refractivity contribution >= 4 is 10.2 Å². The summed E-state index contributed by atoms with van der Waals surface area (Å²) in [5.74, 6) is 0.274. The lowest BCUT2D eigenvalue weighted by molar-refractivity contribution is 0.173. The average molecular weight is 253 g/mol. The molecule has 0 aromatic rings. The first kappa shape index (κ1) is 15.8. The predicted octanol–water partition coefficient (Wildman–Crippen LogP) is -0.618. The third-order valence-electron chi connectivity index (χ3n) is 1.96. The van der Waals surface area contributed by atoms with E-state index in [9.17, 15) is 8.42 Å². The second-order valence-corrected chi connectivity index (χ2v) is 6.11. The van der Waals surface area contributed by atoms with Gasteiger partial charge in [-0.15, -0.1) is 0 Å². The van der Waals surface area contributed by atoms with E-state index >= 15 is 0 Å². The zero-order chi connectivity index (χ0) is 12.8. The zero-order valence-electron chi connectivity index (χ0n) is 10.4. The van der Waals surface area contributed by atoms with Crippen LogP contribution in [-0.4, -0.2) is 52.6 Å². The summed E-state index contributed by atoms with van der Waals surface area (Å²) in [6, 6.07) is -0.314. The van der Waals surface area contributed by atoms with Crippen molar-refractivity contribution in [1.29, 1.82) is 0 Å². The van der Waals surface area contributed by atoms with Gasteiger partial charge in [0.15, 0.2) is 0 Å². The molecule has 0 aromatic heterocycles. The Balaban J connectivity index is 4.19. The second kappa shape index (κ2) is 7.18. The largest absolute Gasteiger partial charge is 0.383 e. The molecule has 0 heterocycles. The Kier molecular flexibility index (Phi) is 7.09. The molecule has 0 amide bonds.